The molecule has 3 N–H and O–H groups in total. The quantitative estimate of drug-likeness (QED) is 0.372. The number of thiophene rings is 1. The Morgan fingerprint density at radius 1 is 1.24 bits per heavy atom. The normalized spacial score (nSPS) is 18.9. The number of nitrogens with zero attached hydrogens (tertiary/aromatic N) is 2. The van der Waals surface area contributed by atoms with Crippen LogP contribution < -0.4 is 10.6 Å². The number of hydrogen-bond donors (Lipinski definition) is 3. The van der Waals surface area contributed by atoms with Gasteiger partial charge in [0.25, 0.3) is 15.9 Å². The van der Waals surface area contributed by atoms with Crippen LogP contribution in [0.25, 0.3) is 10.9 Å². The lowest BCUT2D eigenvalue weighted by atomic mass is 10.0. The summed E-state index contributed by atoms with van der Waals surface area (Å²) in [4.78, 5) is 30.4. The van der Waals surface area contributed by atoms with Crippen molar-refractivity contribution in [2.45, 2.75) is 43.0 Å². The summed E-state index contributed by atoms with van der Waals surface area (Å²) in [5.41, 5.74) is 2.78. The molecule has 2 aromatic heterocycles. The van der Waals surface area contributed by atoms with Gasteiger partial charge in [-0.05, 0) is 54.6 Å². The monoisotopic (exact) mass is 545 g/mol. The van der Waals surface area contributed by atoms with Crippen LogP contribution >= 0.6 is 11.3 Å². The second kappa shape index (κ2) is 10.8. The number of piperazine rings is 1. The van der Waals surface area contributed by atoms with E-state index in [9.17, 15) is 18.0 Å². The van der Waals surface area contributed by atoms with Crippen LogP contribution in [0.1, 0.15) is 42.2 Å². The number of aromatic amines is 1. The van der Waals surface area contributed by atoms with Gasteiger partial charge in [-0.15, -0.1) is 11.3 Å². The summed E-state index contributed by atoms with van der Waals surface area (Å²) in [7, 11) is -3.79. The Kier molecular flexibility index (Phi) is 7.52. The Hall–Kier alpha value is -2.93. The number of sulfonamides is 1. The number of unbranched alkanes of at least 4 members (excludes halogenated alkanes) is 2. The van der Waals surface area contributed by atoms with Gasteiger partial charge in [0.2, 0.25) is 0 Å². The minimum Gasteiger partial charge on any atom is -0.428 e. The first kappa shape index (κ1) is 25.7. The van der Waals surface area contributed by atoms with Crippen LogP contribution in [0.15, 0.2) is 39.9 Å². The standard InChI is InChI=1S/C25H31N5O5S2/c1-2-3-4-11-29-12-13-30(37(33,34)22-6-5-14-36-22)21(16-29)35-25(32)27-17-7-8-20-19(15-17)18-9-10-26-24(31)23(18)28-20/h5-8,14-15,21,28H,2-4,9-13,16H2,1H3,(H,26,31)(H,27,32). The molecule has 5 rings (SSSR count). The Balaban J connectivity index is 1.33. The van der Waals surface area contributed by atoms with Gasteiger partial charge in [-0.25, -0.2) is 13.2 Å². The third-order valence-electron chi connectivity index (χ3n) is 6.79. The molecule has 2 aliphatic rings. The molecule has 3 aromatic rings. The van der Waals surface area contributed by atoms with Gasteiger partial charge in [0.1, 0.15) is 9.90 Å². The van der Waals surface area contributed by atoms with Crippen molar-refractivity contribution in [2.75, 3.05) is 38.0 Å². The number of rotatable bonds is 8. The van der Waals surface area contributed by atoms with E-state index < -0.39 is 22.3 Å². The molecule has 0 bridgehead atoms. The lowest BCUT2D eigenvalue weighted by molar-refractivity contribution is -0.0166. The van der Waals surface area contributed by atoms with E-state index in [0.29, 0.717) is 37.4 Å². The van der Waals surface area contributed by atoms with Crippen LogP contribution in [-0.2, 0) is 21.2 Å². The third kappa shape index (κ3) is 5.37. The molecule has 1 saturated heterocycles. The Morgan fingerprint density at radius 2 is 2.11 bits per heavy atom. The number of anilines is 1. The van der Waals surface area contributed by atoms with Crippen LogP contribution in [0.3, 0.4) is 0 Å². The van der Waals surface area contributed by atoms with Crippen LogP contribution in [0.2, 0.25) is 0 Å². The van der Waals surface area contributed by atoms with Crippen molar-refractivity contribution in [3.63, 3.8) is 0 Å². The van der Waals surface area contributed by atoms with Crippen molar-refractivity contribution >= 4 is 50.0 Å². The third-order valence-corrected chi connectivity index (χ3v) is 10.1. The van der Waals surface area contributed by atoms with Crippen molar-refractivity contribution in [3.05, 3.63) is 47.0 Å². The molecule has 1 fully saturated rings. The molecule has 1 atom stereocenters. The molecular weight excluding hydrogens is 514 g/mol. The number of hydrogen-bond acceptors (Lipinski definition) is 7. The number of amides is 2. The van der Waals surface area contributed by atoms with Gasteiger partial charge >= 0.3 is 6.09 Å². The van der Waals surface area contributed by atoms with E-state index in [-0.39, 0.29) is 16.7 Å². The average Bonchev–Trinajstić information content (AvgIpc) is 3.54. The summed E-state index contributed by atoms with van der Waals surface area (Å²) in [6.07, 6.45) is 2.21. The molecule has 1 unspecified atom stereocenters. The van der Waals surface area contributed by atoms with Crippen LogP contribution in [-0.4, -0.2) is 73.6 Å². The van der Waals surface area contributed by atoms with Gasteiger partial charge in [0.15, 0.2) is 6.23 Å². The van der Waals surface area contributed by atoms with E-state index in [4.69, 9.17) is 4.74 Å². The highest BCUT2D eigenvalue weighted by molar-refractivity contribution is 7.91. The number of carbonyl (C=O) groups is 2. The Morgan fingerprint density at radius 3 is 2.89 bits per heavy atom. The maximum Gasteiger partial charge on any atom is 0.413 e. The first-order valence-corrected chi connectivity index (χ1v) is 14.9. The van der Waals surface area contributed by atoms with Crippen LogP contribution in [0, 0.1) is 0 Å². The molecule has 10 nitrogen and oxygen atoms in total. The lowest BCUT2D eigenvalue weighted by Gasteiger charge is -2.39. The average molecular weight is 546 g/mol. The molecule has 37 heavy (non-hydrogen) atoms. The molecule has 0 spiro atoms. The lowest BCUT2D eigenvalue weighted by Crippen LogP contribution is -2.56. The maximum absolute atomic E-state index is 13.3. The van der Waals surface area contributed by atoms with Gasteiger partial charge in [0.05, 0.1) is 6.54 Å². The summed E-state index contributed by atoms with van der Waals surface area (Å²) < 4.78 is 33.9. The molecule has 0 aliphatic carbocycles. The number of H-pyrrole nitrogens is 1. The zero-order chi connectivity index (χ0) is 26.0. The minimum atomic E-state index is -3.79. The fourth-order valence-corrected chi connectivity index (χ4v) is 7.52. The molecule has 12 heteroatoms. The van der Waals surface area contributed by atoms with E-state index in [1.54, 1.807) is 29.6 Å². The summed E-state index contributed by atoms with van der Waals surface area (Å²) >= 11 is 1.15. The van der Waals surface area contributed by atoms with Gasteiger partial charge in [-0.1, -0.05) is 25.8 Å². The first-order chi connectivity index (χ1) is 17.9. The molecule has 4 heterocycles. The molecular formula is C25H31N5O5S2. The zero-order valence-electron chi connectivity index (χ0n) is 20.7. The number of benzene rings is 1. The van der Waals surface area contributed by atoms with Crippen molar-refractivity contribution in [3.8, 4) is 0 Å². The van der Waals surface area contributed by atoms with Crippen molar-refractivity contribution < 1.29 is 22.7 Å². The van der Waals surface area contributed by atoms with E-state index >= 15 is 0 Å². The fourth-order valence-electron chi connectivity index (χ4n) is 4.91. The van der Waals surface area contributed by atoms with E-state index in [0.717, 1.165) is 53.6 Å². The minimum absolute atomic E-state index is 0.140. The molecule has 0 radical (unpaired) electrons. The van der Waals surface area contributed by atoms with Crippen LogP contribution in [0.5, 0.6) is 0 Å². The highest BCUT2D eigenvalue weighted by Gasteiger charge is 2.39. The topological polar surface area (TPSA) is 124 Å². The maximum atomic E-state index is 13.3. The SMILES string of the molecule is CCCCCN1CCN(S(=O)(=O)c2cccs2)C(OC(=O)Nc2ccc3[nH]c4c(c3c2)CCNC4=O)C1. The largest absolute Gasteiger partial charge is 0.428 e. The Bertz CT molecular complexity index is 1390. The molecule has 1 aromatic carbocycles. The second-order valence-electron chi connectivity index (χ2n) is 9.29. The molecule has 0 saturated carbocycles. The summed E-state index contributed by atoms with van der Waals surface area (Å²) in [5, 5.41) is 8.15. The number of aromatic nitrogens is 1. The molecule has 198 valence electrons. The Labute approximate surface area is 220 Å². The van der Waals surface area contributed by atoms with E-state index in [1.165, 1.54) is 4.31 Å². The predicted molar refractivity (Wildman–Crippen MR) is 142 cm³/mol. The smallest absolute Gasteiger partial charge is 0.413 e. The van der Waals surface area contributed by atoms with Gasteiger partial charge in [-0.3, -0.25) is 15.0 Å². The summed E-state index contributed by atoms with van der Waals surface area (Å²) in [6, 6.07) is 8.60. The molecule has 2 amide bonds. The number of ether oxygens (including phenoxy) is 1. The van der Waals surface area contributed by atoms with Crippen molar-refractivity contribution in [1.82, 2.24) is 19.5 Å². The number of carbonyl (C=O) groups excluding carboxylic acids is 2. The van der Waals surface area contributed by atoms with Crippen molar-refractivity contribution in [1.29, 1.82) is 0 Å². The van der Waals surface area contributed by atoms with Crippen LogP contribution in [0.4, 0.5) is 10.5 Å². The number of nitrogens with one attached hydrogen (secondary N) is 3. The number of fused-ring (bicyclic) bond motifs is 3. The van der Waals surface area contributed by atoms with Gasteiger partial charge in [-0.2, -0.15) is 4.31 Å². The van der Waals surface area contributed by atoms with Gasteiger partial charge < -0.3 is 15.0 Å². The first-order valence-electron chi connectivity index (χ1n) is 12.5. The van der Waals surface area contributed by atoms with E-state index in [2.05, 4.69) is 27.4 Å². The fraction of sp³-hybridized carbons (Fsp3) is 0.440. The highest BCUT2D eigenvalue weighted by atomic mass is 32.2. The summed E-state index contributed by atoms with van der Waals surface area (Å²) in [6.45, 7) is 4.65. The highest BCUT2D eigenvalue weighted by Crippen LogP contribution is 2.29. The van der Waals surface area contributed by atoms with E-state index in [1.807, 2.05) is 6.07 Å². The van der Waals surface area contributed by atoms with Gasteiger partial charge in [0, 0.05) is 36.2 Å². The summed E-state index contributed by atoms with van der Waals surface area (Å²) in [5.74, 6) is -0.140. The molecule has 2 aliphatic heterocycles. The predicted octanol–water partition coefficient (Wildman–Crippen LogP) is 3.59. The second-order valence-corrected chi connectivity index (χ2v) is 12.4. The zero-order valence-corrected chi connectivity index (χ0v) is 22.3. The van der Waals surface area contributed by atoms with Crippen molar-refractivity contribution in [2.24, 2.45) is 0 Å².